The van der Waals surface area contributed by atoms with Crippen LogP contribution in [0.15, 0.2) is 48.5 Å². The summed E-state index contributed by atoms with van der Waals surface area (Å²) in [5.74, 6) is -0.842. The summed E-state index contributed by atoms with van der Waals surface area (Å²) in [6.45, 7) is 1.80. The summed E-state index contributed by atoms with van der Waals surface area (Å²) in [6, 6.07) is 14.6. The lowest BCUT2D eigenvalue weighted by atomic mass is 9.78. The van der Waals surface area contributed by atoms with Crippen LogP contribution in [-0.4, -0.2) is 31.4 Å². The van der Waals surface area contributed by atoms with E-state index in [1.54, 1.807) is 31.4 Å². The number of nitrogens with one attached hydrogen (secondary N) is 3. The molecule has 3 rings (SSSR count). The third-order valence-corrected chi connectivity index (χ3v) is 5.50. The van der Waals surface area contributed by atoms with Crippen LogP contribution >= 0.6 is 0 Å². The van der Waals surface area contributed by atoms with E-state index in [9.17, 15) is 14.4 Å². The fourth-order valence-corrected chi connectivity index (χ4v) is 3.96. The number of carbonyl (C=O) groups is 3. The molecule has 0 saturated heterocycles. The van der Waals surface area contributed by atoms with E-state index in [0.29, 0.717) is 17.9 Å². The molecule has 3 amide bonds. The number of hydrogen-bond acceptors (Lipinski definition) is 4. The number of methoxy groups -OCH3 is 1. The van der Waals surface area contributed by atoms with Crippen LogP contribution in [0.5, 0.6) is 5.75 Å². The fraction of sp³-hybridized carbons (Fsp3) is 0.348. The second-order valence-electron chi connectivity index (χ2n) is 7.61. The number of anilines is 2. The van der Waals surface area contributed by atoms with Crippen molar-refractivity contribution < 1.29 is 19.1 Å². The number of amides is 3. The second-order valence-corrected chi connectivity index (χ2v) is 7.61. The van der Waals surface area contributed by atoms with Crippen molar-refractivity contribution in [3.63, 3.8) is 0 Å². The smallest absolute Gasteiger partial charge is 0.313 e. The normalized spacial score (nSPS) is 14.6. The lowest BCUT2D eigenvalue weighted by Gasteiger charge is -2.30. The third-order valence-electron chi connectivity index (χ3n) is 5.50. The van der Waals surface area contributed by atoms with Crippen molar-refractivity contribution in [2.75, 3.05) is 24.3 Å². The van der Waals surface area contributed by atoms with Crippen molar-refractivity contribution in [1.29, 1.82) is 0 Å². The standard InChI is InChI=1S/C23H27N3O4/c1-16(27)25-18-6-5-7-19(14-18)26-22(29)21(28)24-15-23(12-3-4-13-23)17-8-10-20(30-2)11-9-17/h5-11,14H,3-4,12-13,15H2,1-2H3,(H,24,28)(H,25,27)(H,26,29). The van der Waals surface area contributed by atoms with E-state index in [2.05, 4.69) is 16.0 Å². The van der Waals surface area contributed by atoms with Gasteiger partial charge in [-0.2, -0.15) is 0 Å². The summed E-state index contributed by atoms with van der Waals surface area (Å²) in [5, 5.41) is 8.03. The number of hydrogen-bond donors (Lipinski definition) is 3. The zero-order valence-corrected chi connectivity index (χ0v) is 17.3. The first-order chi connectivity index (χ1) is 14.4. The molecular formula is C23H27N3O4. The molecule has 158 valence electrons. The SMILES string of the molecule is COc1ccc(C2(CNC(=O)C(=O)Nc3cccc(NC(C)=O)c3)CCCC2)cc1. The minimum absolute atomic E-state index is 0.173. The van der Waals surface area contributed by atoms with Gasteiger partial charge in [-0.25, -0.2) is 0 Å². The highest BCUT2D eigenvalue weighted by Crippen LogP contribution is 2.41. The van der Waals surface area contributed by atoms with E-state index in [1.165, 1.54) is 6.92 Å². The Morgan fingerprint density at radius 1 is 0.933 bits per heavy atom. The van der Waals surface area contributed by atoms with E-state index in [0.717, 1.165) is 37.0 Å². The van der Waals surface area contributed by atoms with Gasteiger partial charge in [-0.3, -0.25) is 14.4 Å². The van der Waals surface area contributed by atoms with Crippen LogP contribution in [0, 0.1) is 0 Å². The van der Waals surface area contributed by atoms with Crippen LogP contribution in [0.1, 0.15) is 38.2 Å². The average molecular weight is 409 g/mol. The van der Waals surface area contributed by atoms with Gasteiger partial charge in [0.15, 0.2) is 0 Å². The van der Waals surface area contributed by atoms with E-state index in [-0.39, 0.29) is 11.3 Å². The van der Waals surface area contributed by atoms with Gasteiger partial charge in [0.25, 0.3) is 0 Å². The molecule has 2 aromatic rings. The molecule has 7 nitrogen and oxygen atoms in total. The highest BCUT2D eigenvalue weighted by molar-refractivity contribution is 6.39. The first-order valence-corrected chi connectivity index (χ1v) is 10.0. The Labute approximate surface area is 176 Å². The van der Waals surface area contributed by atoms with Gasteiger partial charge in [0, 0.05) is 30.3 Å². The van der Waals surface area contributed by atoms with Crippen molar-refractivity contribution in [3.05, 3.63) is 54.1 Å². The van der Waals surface area contributed by atoms with Gasteiger partial charge in [0.05, 0.1) is 7.11 Å². The predicted octanol–water partition coefficient (Wildman–Crippen LogP) is 3.22. The Hall–Kier alpha value is -3.35. The number of benzene rings is 2. The summed E-state index contributed by atoms with van der Waals surface area (Å²) in [6.07, 6.45) is 4.09. The Balaban J connectivity index is 1.63. The van der Waals surface area contributed by atoms with Crippen LogP contribution in [0.25, 0.3) is 0 Å². The molecule has 0 bridgehead atoms. The highest BCUT2D eigenvalue weighted by atomic mass is 16.5. The average Bonchev–Trinajstić information content (AvgIpc) is 3.22. The Morgan fingerprint density at radius 3 is 2.17 bits per heavy atom. The molecular weight excluding hydrogens is 382 g/mol. The molecule has 0 atom stereocenters. The molecule has 1 fully saturated rings. The largest absolute Gasteiger partial charge is 0.497 e. The van der Waals surface area contributed by atoms with Crippen LogP contribution in [0.2, 0.25) is 0 Å². The lowest BCUT2D eigenvalue weighted by molar-refractivity contribution is -0.136. The summed E-state index contributed by atoms with van der Waals surface area (Å²) >= 11 is 0. The van der Waals surface area contributed by atoms with Crippen molar-refractivity contribution in [2.24, 2.45) is 0 Å². The summed E-state index contributed by atoms with van der Waals surface area (Å²) in [7, 11) is 1.63. The van der Waals surface area contributed by atoms with Crippen LogP contribution in [-0.2, 0) is 19.8 Å². The summed E-state index contributed by atoms with van der Waals surface area (Å²) in [4.78, 5) is 36.0. The van der Waals surface area contributed by atoms with Gasteiger partial charge >= 0.3 is 11.8 Å². The third kappa shape index (κ3) is 5.17. The second kappa shape index (κ2) is 9.43. The van der Waals surface area contributed by atoms with Gasteiger partial charge in [0.1, 0.15) is 5.75 Å². The molecule has 0 heterocycles. The maximum atomic E-state index is 12.4. The number of ether oxygens (including phenoxy) is 1. The topological polar surface area (TPSA) is 96.5 Å². The van der Waals surface area contributed by atoms with E-state index < -0.39 is 11.8 Å². The molecule has 1 aliphatic carbocycles. The molecule has 1 aliphatic rings. The molecule has 0 unspecified atom stereocenters. The molecule has 0 radical (unpaired) electrons. The van der Waals surface area contributed by atoms with E-state index >= 15 is 0 Å². The van der Waals surface area contributed by atoms with E-state index in [4.69, 9.17) is 4.74 Å². The van der Waals surface area contributed by atoms with Gasteiger partial charge < -0.3 is 20.7 Å². The molecule has 0 spiro atoms. The monoisotopic (exact) mass is 409 g/mol. The summed E-state index contributed by atoms with van der Waals surface area (Å²) < 4.78 is 5.23. The van der Waals surface area contributed by atoms with Crippen molar-refractivity contribution in [1.82, 2.24) is 5.32 Å². The van der Waals surface area contributed by atoms with Gasteiger partial charge in [0.2, 0.25) is 5.91 Å². The van der Waals surface area contributed by atoms with Crippen molar-refractivity contribution in [2.45, 2.75) is 38.0 Å². The minimum atomic E-state index is -0.738. The summed E-state index contributed by atoms with van der Waals surface area (Å²) in [5.41, 5.74) is 1.95. The minimum Gasteiger partial charge on any atom is -0.497 e. The molecule has 7 heteroatoms. The molecule has 1 saturated carbocycles. The van der Waals surface area contributed by atoms with Gasteiger partial charge in [-0.15, -0.1) is 0 Å². The maximum absolute atomic E-state index is 12.4. The Kier molecular flexibility index (Phi) is 6.72. The Morgan fingerprint density at radius 2 is 1.57 bits per heavy atom. The van der Waals surface area contributed by atoms with Crippen LogP contribution < -0.4 is 20.7 Å². The quantitative estimate of drug-likeness (QED) is 0.638. The fourth-order valence-electron chi connectivity index (χ4n) is 3.96. The van der Waals surface area contributed by atoms with Crippen LogP contribution in [0.3, 0.4) is 0 Å². The highest BCUT2D eigenvalue weighted by Gasteiger charge is 2.36. The molecule has 2 aromatic carbocycles. The van der Waals surface area contributed by atoms with Crippen molar-refractivity contribution in [3.8, 4) is 5.75 Å². The number of carbonyl (C=O) groups excluding carboxylic acids is 3. The molecule has 0 aliphatic heterocycles. The zero-order valence-electron chi connectivity index (χ0n) is 17.3. The molecule has 3 N–H and O–H groups in total. The maximum Gasteiger partial charge on any atom is 0.313 e. The van der Waals surface area contributed by atoms with Gasteiger partial charge in [-0.1, -0.05) is 31.0 Å². The van der Waals surface area contributed by atoms with E-state index in [1.807, 2.05) is 24.3 Å². The number of rotatable bonds is 6. The molecule has 30 heavy (non-hydrogen) atoms. The molecule has 0 aromatic heterocycles. The van der Waals surface area contributed by atoms with Gasteiger partial charge in [-0.05, 0) is 48.7 Å². The first kappa shape index (κ1) is 21.4. The lowest BCUT2D eigenvalue weighted by Crippen LogP contribution is -2.43. The zero-order chi connectivity index (χ0) is 21.6. The first-order valence-electron chi connectivity index (χ1n) is 10.0. The predicted molar refractivity (Wildman–Crippen MR) is 116 cm³/mol. The van der Waals surface area contributed by atoms with Crippen LogP contribution in [0.4, 0.5) is 11.4 Å². The van der Waals surface area contributed by atoms with Crippen molar-refractivity contribution >= 4 is 29.1 Å². The Bertz CT molecular complexity index is 918.